The molecule has 22 heavy (non-hydrogen) atoms. The molecule has 1 N–H and O–H groups in total. The van der Waals surface area contributed by atoms with Crippen molar-refractivity contribution in [1.29, 1.82) is 0 Å². The van der Waals surface area contributed by atoms with Gasteiger partial charge in [-0.15, -0.1) is 0 Å². The highest BCUT2D eigenvalue weighted by Gasteiger charge is 2.03. The van der Waals surface area contributed by atoms with Crippen molar-refractivity contribution >= 4 is 17.4 Å². The molecule has 0 aromatic heterocycles. The van der Waals surface area contributed by atoms with Crippen LogP contribution in [0.3, 0.4) is 0 Å². The lowest BCUT2D eigenvalue weighted by molar-refractivity contribution is 0.0697. The average Bonchev–Trinajstić information content (AvgIpc) is 2.49. The van der Waals surface area contributed by atoms with E-state index in [1.54, 1.807) is 12.1 Å². The van der Waals surface area contributed by atoms with Crippen LogP contribution in [0.15, 0.2) is 47.5 Å². The molecule has 0 fully saturated rings. The molecule has 0 aliphatic heterocycles. The van der Waals surface area contributed by atoms with Crippen molar-refractivity contribution in [3.8, 4) is 5.75 Å². The molecular formula is C18H19NO3. The highest BCUT2D eigenvalue weighted by molar-refractivity contribution is 5.88. The van der Waals surface area contributed by atoms with E-state index in [-0.39, 0.29) is 5.56 Å². The molecule has 4 heteroatoms. The standard InChI is InChI=1S/C18H19NO3/c1-12-4-5-13(2)17(10-12)19-14(3)11-22-16-8-6-15(7-9-16)18(20)21/h4-10H,11H2,1-3H3,(H,20,21). The molecule has 2 aromatic rings. The summed E-state index contributed by atoms with van der Waals surface area (Å²) >= 11 is 0. The Balaban J connectivity index is 2.02. The number of hydrogen-bond donors (Lipinski definition) is 1. The summed E-state index contributed by atoms with van der Waals surface area (Å²) in [7, 11) is 0. The van der Waals surface area contributed by atoms with Crippen LogP contribution in [-0.2, 0) is 0 Å². The minimum Gasteiger partial charge on any atom is -0.488 e. The van der Waals surface area contributed by atoms with E-state index in [9.17, 15) is 4.79 Å². The van der Waals surface area contributed by atoms with Gasteiger partial charge in [0.25, 0.3) is 0 Å². The predicted molar refractivity (Wildman–Crippen MR) is 87.6 cm³/mol. The summed E-state index contributed by atoms with van der Waals surface area (Å²) in [5.74, 6) is -0.320. The quantitative estimate of drug-likeness (QED) is 0.842. The Bertz CT molecular complexity index is 703. The van der Waals surface area contributed by atoms with E-state index >= 15 is 0 Å². The Labute approximate surface area is 130 Å². The van der Waals surface area contributed by atoms with Crippen LogP contribution in [0, 0.1) is 13.8 Å². The minimum atomic E-state index is -0.945. The Morgan fingerprint density at radius 2 is 1.82 bits per heavy atom. The molecule has 0 amide bonds. The predicted octanol–water partition coefficient (Wildman–Crippen LogP) is 4.17. The largest absolute Gasteiger partial charge is 0.488 e. The lowest BCUT2D eigenvalue weighted by Crippen LogP contribution is -2.07. The van der Waals surface area contributed by atoms with Crippen LogP contribution < -0.4 is 4.74 Å². The first-order chi connectivity index (χ1) is 10.5. The van der Waals surface area contributed by atoms with Crippen molar-refractivity contribution in [3.63, 3.8) is 0 Å². The average molecular weight is 297 g/mol. The molecule has 0 unspecified atom stereocenters. The first kappa shape index (κ1) is 15.8. The third-order valence-corrected chi connectivity index (χ3v) is 3.22. The van der Waals surface area contributed by atoms with Gasteiger partial charge in [-0.25, -0.2) is 4.79 Å². The van der Waals surface area contributed by atoms with E-state index in [1.807, 2.05) is 32.9 Å². The fourth-order valence-electron chi connectivity index (χ4n) is 1.96. The van der Waals surface area contributed by atoms with E-state index in [4.69, 9.17) is 9.84 Å². The summed E-state index contributed by atoms with van der Waals surface area (Å²) in [6.45, 7) is 6.33. The van der Waals surface area contributed by atoms with Crippen LogP contribution in [0.25, 0.3) is 0 Å². The fourth-order valence-corrected chi connectivity index (χ4v) is 1.96. The fraction of sp³-hybridized carbons (Fsp3) is 0.222. The first-order valence-electron chi connectivity index (χ1n) is 7.03. The number of nitrogens with zero attached hydrogens (tertiary/aromatic N) is 1. The Morgan fingerprint density at radius 1 is 1.14 bits per heavy atom. The van der Waals surface area contributed by atoms with Crippen LogP contribution in [0.4, 0.5) is 5.69 Å². The monoisotopic (exact) mass is 297 g/mol. The third kappa shape index (κ3) is 4.19. The number of hydrogen-bond acceptors (Lipinski definition) is 3. The summed E-state index contributed by atoms with van der Waals surface area (Å²) < 4.78 is 5.62. The van der Waals surface area contributed by atoms with E-state index in [2.05, 4.69) is 11.1 Å². The number of benzene rings is 2. The molecule has 0 aliphatic carbocycles. The van der Waals surface area contributed by atoms with Gasteiger partial charge in [0, 0.05) is 0 Å². The maximum atomic E-state index is 10.8. The van der Waals surface area contributed by atoms with Crippen LogP contribution in [0.2, 0.25) is 0 Å². The van der Waals surface area contributed by atoms with Gasteiger partial charge in [0.05, 0.1) is 17.0 Å². The van der Waals surface area contributed by atoms with Crippen LogP contribution in [-0.4, -0.2) is 23.4 Å². The zero-order chi connectivity index (χ0) is 16.1. The molecule has 0 spiro atoms. The molecule has 0 heterocycles. The van der Waals surface area contributed by atoms with Gasteiger partial charge >= 0.3 is 5.97 Å². The lowest BCUT2D eigenvalue weighted by atomic mass is 10.1. The van der Waals surface area contributed by atoms with E-state index in [0.29, 0.717) is 12.4 Å². The number of aromatic carboxylic acids is 1. The number of rotatable bonds is 5. The number of carboxylic acids is 1. The zero-order valence-corrected chi connectivity index (χ0v) is 13.0. The third-order valence-electron chi connectivity index (χ3n) is 3.22. The van der Waals surface area contributed by atoms with E-state index < -0.39 is 5.97 Å². The first-order valence-corrected chi connectivity index (χ1v) is 7.03. The maximum Gasteiger partial charge on any atom is 0.335 e. The molecule has 0 saturated carbocycles. The van der Waals surface area contributed by atoms with E-state index in [0.717, 1.165) is 17.0 Å². The van der Waals surface area contributed by atoms with Crippen molar-refractivity contribution in [2.45, 2.75) is 20.8 Å². The minimum absolute atomic E-state index is 0.244. The van der Waals surface area contributed by atoms with Crippen LogP contribution >= 0.6 is 0 Å². The summed E-state index contributed by atoms with van der Waals surface area (Å²) in [4.78, 5) is 15.4. The Hall–Kier alpha value is -2.62. The second kappa shape index (κ2) is 6.89. The summed E-state index contributed by atoms with van der Waals surface area (Å²) in [6, 6.07) is 12.5. The van der Waals surface area contributed by atoms with Gasteiger partial charge in [-0.3, -0.25) is 4.99 Å². The molecule has 4 nitrogen and oxygen atoms in total. The van der Waals surface area contributed by atoms with Crippen molar-refractivity contribution in [2.75, 3.05) is 6.61 Å². The van der Waals surface area contributed by atoms with Crippen molar-refractivity contribution in [3.05, 3.63) is 59.2 Å². The second-order valence-corrected chi connectivity index (χ2v) is 5.26. The molecule has 2 rings (SSSR count). The van der Waals surface area contributed by atoms with Crippen molar-refractivity contribution < 1.29 is 14.6 Å². The number of aliphatic imine (C=N–C) groups is 1. The summed E-state index contributed by atoms with van der Waals surface area (Å²) in [5.41, 5.74) is 4.34. The molecule has 0 radical (unpaired) electrons. The number of aryl methyl sites for hydroxylation is 2. The summed E-state index contributed by atoms with van der Waals surface area (Å²) in [5, 5.41) is 8.85. The highest BCUT2D eigenvalue weighted by atomic mass is 16.5. The molecule has 114 valence electrons. The van der Waals surface area contributed by atoms with Gasteiger partial charge in [-0.1, -0.05) is 12.1 Å². The Morgan fingerprint density at radius 3 is 2.45 bits per heavy atom. The molecular weight excluding hydrogens is 278 g/mol. The topological polar surface area (TPSA) is 58.9 Å². The van der Waals surface area contributed by atoms with Gasteiger partial charge in [0.15, 0.2) is 0 Å². The van der Waals surface area contributed by atoms with Crippen LogP contribution in [0.5, 0.6) is 5.75 Å². The Kier molecular flexibility index (Phi) is 4.94. The van der Waals surface area contributed by atoms with Crippen molar-refractivity contribution in [1.82, 2.24) is 0 Å². The smallest absolute Gasteiger partial charge is 0.335 e. The maximum absolute atomic E-state index is 10.8. The zero-order valence-electron chi connectivity index (χ0n) is 13.0. The summed E-state index contributed by atoms with van der Waals surface area (Å²) in [6.07, 6.45) is 0. The SMILES string of the molecule is CC(COc1ccc(C(=O)O)cc1)=Nc1cc(C)ccc1C. The molecule has 0 atom stereocenters. The van der Waals surface area contributed by atoms with Crippen LogP contribution in [0.1, 0.15) is 28.4 Å². The van der Waals surface area contributed by atoms with Gasteiger partial charge in [-0.2, -0.15) is 0 Å². The molecule has 2 aromatic carbocycles. The van der Waals surface area contributed by atoms with Crippen molar-refractivity contribution in [2.24, 2.45) is 4.99 Å². The molecule has 0 bridgehead atoms. The number of ether oxygens (including phenoxy) is 1. The molecule has 0 saturated heterocycles. The normalized spacial score (nSPS) is 11.3. The second-order valence-electron chi connectivity index (χ2n) is 5.26. The molecule has 0 aliphatic rings. The van der Waals surface area contributed by atoms with Gasteiger partial charge in [0.1, 0.15) is 12.4 Å². The van der Waals surface area contributed by atoms with E-state index in [1.165, 1.54) is 17.7 Å². The number of carbonyl (C=O) groups is 1. The lowest BCUT2D eigenvalue weighted by Gasteiger charge is -2.07. The number of carboxylic acid groups (broad SMARTS) is 1. The van der Waals surface area contributed by atoms with Gasteiger partial charge < -0.3 is 9.84 Å². The van der Waals surface area contributed by atoms with Gasteiger partial charge in [-0.05, 0) is 62.2 Å². The highest BCUT2D eigenvalue weighted by Crippen LogP contribution is 2.20. The van der Waals surface area contributed by atoms with Gasteiger partial charge in [0.2, 0.25) is 0 Å².